The summed E-state index contributed by atoms with van der Waals surface area (Å²) in [7, 11) is 0. The Balaban J connectivity index is 1.73. The fourth-order valence-corrected chi connectivity index (χ4v) is 5.23. The zero-order chi connectivity index (χ0) is 25.1. The van der Waals surface area contributed by atoms with Gasteiger partial charge in [-0.05, 0) is 46.1 Å². The molecule has 0 spiro atoms. The van der Waals surface area contributed by atoms with Crippen LogP contribution in [0.3, 0.4) is 0 Å². The monoisotopic (exact) mass is 475 g/mol. The number of benzene rings is 1. The fraction of sp³-hybridized carbons (Fsp3) is 0.692. The zero-order valence-corrected chi connectivity index (χ0v) is 21.5. The summed E-state index contributed by atoms with van der Waals surface area (Å²) < 4.78 is 11.8. The van der Waals surface area contributed by atoms with E-state index in [4.69, 9.17) is 9.47 Å². The van der Waals surface area contributed by atoms with Crippen molar-refractivity contribution < 1.29 is 24.2 Å². The Morgan fingerprint density at radius 1 is 1.12 bits per heavy atom. The van der Waals surface area contributed by atoms with Gasteiger partial charge in [-0.15, -0.1) is 0 Å². The second kappa shape index (κ2) is 10.6. The van der Waals surface area contributed by atoms with E-state index in [9.17, 15) is 14.7 Å². The van der Waals surface area contributed by atoms with E-state index in [1.807, 2.05) is 6.07 Å². The molecule has 0 saturated carbocycles. The molecule has 190 valence electrons. The molecular formula is C26H41N3O5. The lowest BCUT2D eigenvalue weighted by atomic mass is 9.97. The van der Waals surface area contributed by atoms with Crippen LogP contribution in [0.4, 0.5) is 4.79 Å². The van der Waals surface area contributed by atoms with Crippen LogP contribution in [-0.4, -0.2) is 81.6 Å². The third-order valence-electron chi connectivity index (χ3n) is 6.81. The minimum atomic E-state index is -1.81. The molecule has 1 aromatic carbocycles. The molecule has 8 nitrogen and oxygen atoms in total. The Bertz CT molecular complexity index is 827. The van der Waals surface area contributed by atoms with Gasteiger partial charge < -0.3 is 14.6 Å². The number of carboxylic acids is 1. The van der Waals surface area contributed by atoms with Crippen molar-refractivity contribution in [2.75, 3.05) is 26.4 Å². The predicted molar refractivity (Wildman–Crippen MR) is 130 cm³/mol. The minimum absolute atomic E-state index is 0.164. The zero-order valence-electron chi connectivity index (χ0n) is 21.5. The number of ether oxygens (including phenoxy) is 2. The number of fused-ring (bicyclic) bond motifs is 2. The molecule has 2 bridgehead atoms. The number of likely N-dealkylation sites (tertiary alicyclic amines) is 1. The summed E-state index contributed by atoms with van der Waals surface area (Å²) in [6.07, 6.45) is 1.44. The second-order valence-electron chi connectivity index (χ2n) is 10.7. The topological polar surface area (TPSA) is 82.6 Å². The highest BCUT2D eigenvalue weighted by Crippen LogP contribution is 2.34. The number of amides is 1. The third-order valence-corrected chi connectivity index (χ3v) is 6.81. The molecule has 8 heteroatoms. The third kappa shape index (κ3) is 5.73. The van der Waals surface area contributed by atoms with E-state index in [1.165, 1.54) is 10.5 Å². The standard InChI is InChI=1S/C26H41N3O5/c1-7-29(24(32)34-25(4,5)6)26(19(2)3,23(30)31)33-18-28-21-13-14-22(28)17-27(16-21)15-20-11-9-8-10-12-20/h8-12,19,21-22H,7,13-18H2,1-6H3,(H,30,31)/t21-,22+,26-/m1/s1. The molecule has 0 aliphatic carbocycles. The Hall–Kier alpha value is -2.16. The second-order valence-corrected chi connectivity index (χ2v) is 10.7. The van der Waals surface area contributed by atoms with Gasteiger partial charge in [-0.25, -0.2) is 9.59 Å². The van der Waals surface area contributed by atoms with Crippen LogP contribution < -0.4 is 0 Å². The average Bonchev–Trinajstić information content (AvgIpc) is 2.98. The summed E-state index contributed by atoms with van der Waals surface area (Å²) in [5.74, 6) is -1.65. The van der Waals surface area contributed by atoms with Crippen molar-refractivity contribution in [2.24, 2.45) is 5.92 Å². The van der Waals surface area contributed by atoms with Crippen molar-refractivity contribution in [3.63, 3.8) is 0 Å². The number of carboxylic acid groups (broad SMARTS) is 1. The normalized spacial score (nSPS) is 23.0. The lowest BCUT2D eigenvalue weighted by molar-refractivity contribution is -0.223. The number of rotatable bonds is 9. The number of likely N-dealkylation sites (N-methyl/N-ethyl adjacent to an activating group) is 1. The number of hydrogen-bond donors (Lipinski definition) is 1. The van der Waals surface area contributed by atoms with Gasteiger partial charge in [0, 0.05) is 44.2 Å². The molecular weight excluding hydrogens is 434 g/mol. The number of piperazine rings is 1. The molecule has 1 amide bonds. The minimum Gasteiger partial charge on any atom is -0.478 e. The summed E-state index contributed by atoms with van der Waals surface area (Å²) in [5.41, 5.74) is -1.25. The summed E-state index contributed by atoms with van der Waals surface area (Å²) in [6, 6.07) is 11.1. The van der Waals surface area contributed by atoms with E-state index in [1.54, 1.807) is 41.5 Å². The van der Waals surface area contributed by atoms with Gasteiger partial charge in [-0.2, -0.15) is 0 Å². The lowest BCUT2D eigenvalue weighted by Crippen LogP contribution is -2.64. The van der Waals surface area contributed by atoms with Gasteiger partial charge in [0.05, 0.1) is 0 Å². The first-order valence-corrected chi connectivity index (χ1v) is 12.4. The molecule has 3 atom stereocenters. The van der Waals surface area contributed by atoms with Crippen LogP contribution in [0.25, 0.3) is 0 Å². The summed E-state index contributed by atoms with van der Waals surface area (Å²) in [4.78, 5) is 31.6. The van der Waals surface area contributed by atoms with Gasteiger partial charge in [-0.1, -0.05) is 44.2 Å². The summed E-state index contributed by atoms with van der Waals surface area (Å²) in [6.45, 7) is 13.7. The van der Waals surface area contributed by atoms with E-state index < -0.39 is 29.3 Å². The number of carbonyl (C=O) groups excluding carboxylic acids is 1. The van der Waals surface area contributed by atoms with E-state index in [0.29, 0.717) is 12.1 Å². The van der Waals surface area contributed by atoms with Crippen LogP contribution in [0.5, 0.6) is 0 Å². The molecule has 2 fully saturated rings. The van der Waals surface area contributed by atoms with E-state index in [-0.39, 0.29) is 13.3 Å². The molecule has 0 aromatic heterocycles. The van der Waals surface area contributed by atoms with E-state index >= 15 is 0 Å². The van der Waals surface area contributed by atoms with Crippen molar-refractivity contribution in [3.05, 3.63) is 35.9 Å². The lowest BCUT2D eigenvalue weighted by Gasteiger charge is -2.46. The maximum Gasteiger partial charge on any atom is 0.413 e. The van der Waals surface area contributed by atoms with Crippen molar-refractivity contribution >= 4 is 12.1 Å². The van der Waals surface area contributed by atoms with Crippen molar-refractivity contribution in [3.8, 4) is 0 Å². The van der Waals surface area contributed by atoms with E-state index in [0.717, 1.165) is 32.5 Å². The van der Waals surface area contributed by atoms with Gasteiger partial charge in [0.1, 0.15) is 12.3 Å². The Morgan fingerprint density at radius 3 is 2.18 bits per heavy atom. The van der Waals surface area contributed by atoms with Crippen LogP contribution >= 0.6 is 0 Å². The van der Waals surface area contributed by atoms with Crippen molar-refractivity contribution in [1.29, 1.82) is 0 Å². The van der Waals surface area contributed by atoms with Crippen LogP contribution in [-0.2, 0) is 20.8 Å². The number of aliphatic carboxylic acids is 1. The van der Waals surface area contributed by atoms with Crippen molar-refractivity contribution in [2.45, 2.75) is 84.3 Å². The number of carbonyl (C=O) groups is 2. The first-order valence-electron chi connectivity index (χ1n) is 12.4. The van der Waals surface area contributed by atoms with Crippen molar-refractivity contribution in [1.82, 2.24) is 14.7 Å². The van der Waals surface area contributed by atoms with Crippen LogP contribution in [0.15, 0.2) is 30.3 Å². The van der Waals surface area contributed by atoms with Gasteiger partial charge in [-0.3, -0.25) is 14.7 Å². The largest absolute Gasteiger partial charge is 0.478 e. The molecule has 2 saturated heterocycles. The van der Waals surface area contributed by atoms with Crippen LogP contribution in [0.2, 0.25) is 0 Å². The Labute approximate surface area is 203 Å². The first-order chi connectivity index (χ1) is 16.0. The molecule has 34 heavy (non-hydrogen) atoms. The summed E-state index contributed by atoms with van der Waals surface area (Å²) >= 11 is 0. The van der Waals surface area contributed by atoms with Gasteiger partial charge in [0.2, 0.25) is 5.72 Å². The molecule has 1 N–H and O–H groups in total. The highest BCUT2D eigenvalue weighted by Gasteiger charge is 2.53. The first kappa shape index (κ1) is 26.4. The molecule has 2 heterocycles. The van der Waals surface area contributed by atoms with Crippen LogP contribution in [0, 0.1) is 5.92 Å². The quantitative estimate of drug-likeness (QED) is 0.541. The molecule has 1 aromatic rings. The molecule has 3 rings (SSSR count). The van der Waals surface area contributed by atoms with Crippen LogP contribution in [0.1, 0.15) is 59.9 Å². The fourth-order valence-electron chi connectivity index (χ4n) is 5.23. The number of nitrogens with zero attached hydrogens (tertiary/aromatic N) is 3. The Kier molecular flexibility index (Phi) is 8.26. The number of hydrogen-bond acceptors (Lipinski definition) is 6. The van der Waals surface area contributed by atoms with Gasteiger partial charge >= 0.3 is 12.1 Å². The SMILES string of the molecule is CCN(C(=O)OC(C)(C)C)[C@](OCN1[C@@H]2CC[C@H]1CN(Cc1ccccc1)C2)(C(=O)O)C(C)C. The maximum absolute atomic E-state index is 13.0. The Morgan fingerprint density at radius 2 is 1.71 bits per heavy atom. The van der Waals surface area contributed by atoms with Gasteiger partial charge in [0.15, 0.2) is 0 Å². The average molecular weight is 476 g/mol. The smallest absolute Gasteiger partial charge is 0.413 e. The molecule has 2 aliphatic heterocycles. The molecule has 2 aliphatic rings. The highest BCUT2D eigenvalue weighted by atomic mass is 16.6. The highest BCUT2D eigenvalue weighted by molar-refractivity contribution is 5.83. The maximum atomic E-state index is 13.0. The molecule has 0 radical (unpaired) electrons. The molecule has 0 unspecified atom stereocenters. The van der Waals surface area contributed by atoms with Gasteiger partial charge in [0.25, 0.3) is 0 Å². The van der Waals surface area contributed by atoms with E-state index in [2.05, 4.69) is 34.1 Å². The predicted octanol–water partition coefficient (Wildman–Crippen LogP) is 4.00. The summed E-state index contributed by atoms with van der Waals surface area (Å²) in [5, 5.41) is 10.3.